The molecule has 1 fully saturated rings. The van der Waals surface area contributed by atoms with Crippen molar-refractivity contribution in [1.29, 1.82) is 5.26 Å². The Balaban J connectivity index is 1.75. The van der Waals surface area contributed by atoms with E-state index in [1.165, 1.54) is 0 Å². The number of imide groups is 1. The van der Waals surface area contributed by atoms with Gasteiger partial charge in [0.1, 0.15) is 18.9 Å². The van der Waals surface area contributed by atoms with E-state index in [0.717, 1.165) is 28.6 Å². The Kier molecular flexibility index (Phi) is 7.46. The molecule has 3 rings (SSSR count). The number of nitriles is 1. The van der Waals surface area contributed by atoms with Crippen molar-refractivity contribution in [3.8, 4) is 11.8 Å². The van der Waals surface area contributed by atoms with Crippen LogP contribution < -0.4 is 10.1 Å². The molecule has 1 N–H and O–H groups in total. The number of nitrogens with zero attached hydrogens (tertiary/aromatic N) is 2. The zero-order valence-electron chi connectivity index (χ0n) is 17.0. The number of hydrogen-bond donors (Lipinski definition) is 1. The topological polar surface area (TPSA) is 99.5 Å². The minimum Gasteiger partial charge on any atom is -0.488 e. The van der Waals surface area contributed by atoms with Crippen LogP contribution in [-0.2, 0) is 16.2 Å². The van der Waals surface area contributed by atoms with Crippen LogP contribution in [0.3, 0.4) is 0 Å². The first-order valence-electron chi connectivity index (χ1n) is 9.75. The number of benzene rings is 2. The molecule has 1 heterocycles. The highest BCUT2D eigenvalue weighted by molar-refractivity contribution is 8.18. The van der Waals surface area contributed by atoms with Crippen LogP contribution in [0.4, 0.5) is 4.79 Å². The van der Waals surface area contributed by atoms with Crippen LogP contribution in [0.15, 0.2) is 53.4 Å². The molecular weight excluding hydrogens is 414 g/mol. The van der Waals surface area contributed by atoms with Gasteiger partial charge < -0.3 is 10.1 Å². The maximum absolute atomic E-state index is 12.7. The summed E-state index contributed by atoms with van der Waals surface area (Å²) in [7, 11) is 0. The van der Waals surface area contributed by atoms with E-state index >= 15 is 0 Å². The van der Waals surface area contributed by atoms with Crippen molar-refractivity contribution in [2.75, 3.05) is 13.1 Å². The first kappa shape index (κ1) is 22.1. The van der Waals surface area contributed by atoms with Crippen molar-refractivity contribution in [3.63, 3.8) is 0 Å². The molecule has 1 aliphatic rings. The SMILES string of the molecule is CCCNC(=O)CN1C(=O)S/C(=C\c2ccccc2OCc2ccccc2C#N)C1=O. The smallest absolute Gasteiger partial charge is 0.294 e. The molecule has 158 valence electrons. The molecule has 31 heavy (non-hydrogen) atoms. The molecular formula is C23H21N3O4S. The number of para-hydroxylation sites is 1. The van der Waals surface area contributed by atoms with Gasteiger partial charge in [0.2, 0.25) is 5.91 Å². The van der Waals surface area contributed by atoms with Gasteiger partial charge in [0.25, 0.3) is 11.1 Å². The third-order valence-electron chi connectivity index (χ3n) is 4.47. The van der Waals surface area contributed by atoms with E-state index in [4.69, 9.17) is 4.74 Å². The van der Waals surface area contributed by atoms with E-state index in [2.05, 4.69) is 11.4 Å². The van der Waals surface area contributed by atoms with Gasteiger partial charge in [0, 0.05) is 17.7 Å². The summed E-state index contributed by atoms with van der Waals surface area (Å²) in [5, 5.41) is 11.4. The lowest BCUT2D eigenvalue weighted by Crippen LogP contribution is -2.39. The molecule has 8 heteroatoms. The van der Waals surface area contributed by atoms with Gasteiger partial charge >= 0.3 is 0 Å². The van der Waals surface area contributed by atoms with Crippen LogP contribution in [-0.4, -0.2) is 35.0 Å². The van der Waals surface area contributed by atoms with Gasteiger partial charge in [-0.25, -0.2) is 0 Å². The lowest BCUT2D eigenvalue weighted by atomic mass is 10.1. The fraction of sp³-hybridized carbons (Fsp3) is 0.217. The number of nitrogens with one attached hydrogen (secondary N) is 1. The quantitative estimate of drug-likeness (QED) is 0.635. The largest absolute Gasteiger partial charge is 0.488 e. The van der Waals surface area contributed by atoms with Gasteiger partial charge in [0.05, 0.1) is 16.5 Å². The fourth-order valence-corrected chi connectivity index (χ4v) is 3.71. The number of rotatable bonds is 8. The highest BCUT2D eigenvalue weighted by Gasteiger charge is 2.36. The molecule has 0 saturated carbocycles. The Morgan fingerprint density at radius 2 is 1.94 bits per heavy atom. The van der Waals surface area contributed by atoms with Crippen LogP contribution >= 0.6 is 11.8 Å². The molecule has 0 atom stereocenters. The molecule has 0 spiro atoms. The second-order valence-corrected chi connectivity index (χ2v) is 7.71. The van der Waals surface area contributed by atoms with E-state index in [0.29, 0.717) is 23.4 Å². The summed E-state index contributed by atoms with van der Waals surface area (Å²) < 4.78 is 5.89. The molecule has 3 amide bonds. The average molecular weight is 436 g/mol. The van der Waals surface area contributed by atoms with E-state index in [-0.39, 0.29) is 24.0 Å². The highest BCUT2D eigenvalue weighted by atomic mass is 32.2. The zero-order valence-corrected chi connectivity index (χ0v) is 17.8. The maximum Gasteiger partial charge on any atom is 0.294 e. The predicted molar refractivity (Wildman–Crippen MR) is 118 cm³/mol. The summed E-state index contributed by atoms with van der Waals surface area (Å²) in [6, 6.07) is 16.4. The Labute approximate surface area is 184 Å². The summed E-state index contributed by atoms with van der Waals surface area (Å²) in [6.07, 6.45) is 2.35. The molecule has 0 aromatic heterocycles. The predicted octanol–water partition coefficient (Wildman–Crippen LogP) is 3.70. The number of thioether (sulfide) groups is 1. The summed E-state index contributed by atoms with van der Waals surface area (Å²) >= 11 is 0.792. The second kappa shape index (κ2) is 10.5. The van der Waals surface area contributed by atoms with Gasteiger partial charge in [-0.05, 0) is 36.4 Å². The lowest BCUT2D eigenvalue weighted by Gasteiger charge is -2.12. The average Bonchev–Trinajstić information content (AvgIpc) is 3.04. The minimum absolute atomic E-state index is 0.188. The third-order valence-corrected chi connectivity index (χ3v) is 5.38. The molecule has 0 radical (unpaired) electrons. The molecule has 2 aromatic carbocycles. The van der Waals surface area contributed by atoms with Crippen LogP contribution in [0, 0.1) is 11.3 Å². The van der Waals surface area contributed by atoms with Crippen LogP contribution in [0.1, 0.15) is 30.0 Å². The van der Waals surface area contributed by atoms with Gasteiger partial charge in [-0.2, -0.15) is 5.26 Å². The zero-order chi connectivity index (χ0) is 22.2. The number of amides is 3. The van der Waals surface area contributed by atoms with Crippen molar-refractivity contribution in [1.82, 2.24) is 10.2 Å². The molecule has 0 unspecified atom stereocenters. The van der Waals surface area contributed by atoms with Crippen LogP contribution in [0.25, 0.3) is 6.08 Å². The van der Waals surface area contributed by atoms with Gasteiger partial charge in [-0.3, -0.25) is 19.3 Å². The monoisotopic (exact) mass is 435 g/mol. The summed E-state index contributed by atoms with van der Waals surface area (Å²) in [6.45, 7) is 2.30. The van der Waals surface area contributed by atoms with Crippen molar-refractivity contribution in [2.24, 2.45) is 0 Å². The third kappa shape index (κ3) is 5.53. The Hall–Kier alpha value is -3.57. The van der Waals surface area contributed by atoms with Crippen molar-refractivity contribution >= 4 is 34.9 Å². The first-order chi connectivity index (χ1) is 15.0. The molecule has 0 bridgehead atoms. The summed E-state index contributed by atoms with van der Waals surface area (Å²) in [5.74, 6) is -0.362. The first-order valence-corrected chi connectivity index (χ1v) is 10.6. The van der Waals surface area contributed by atoms with E-state index in [1.54, 1.807) is 42.5 Å². The van der Waals surface area contributed by atoms with E-state index in [9.17, 15) is 19.6 Å². The van der Waals surface area contributed by atoms with E-state index < -0.39 is 11.1 Å². The van der Waals surface area contributed by atoms with Crippen LogP contribution in [0.2, 0.25) is 0 Å². The van der Waals surface area contributed by atoms with Crippen molar-refractivity contribution < 1.29 is 19.1 Å². The summed E-state index contributed by atoms with van der Waals surface area (Å²) in [5.41, 5.74) is 1.90. The lowest BCUT2D eigenvalue weighted by molar-refractivity contribution is -0.129. The van der Waals surface area contributed by atoms with E-state index in [1.807, 2.05) is 19.1 Å². The van der Waals surface area contributed by atoms with Gasteiger partial charge in [0.15, 0.2) is 0 Å². The maximum atomic E-state index is 12.7. The second-order valence-electron chi connectivity index (χ2n) is 6.71. The number of carbonyl (C=O) groups excluding carboxylic acids is 3. The molecule has 0 aliphatic carbocycles. The minimum atomic E-state index is -0.508. The molecule has 1 aliphatic heterocycles. The molecule has 1 saturated heterocycles. The van der Waals surface area contributed by atoms with Crippen LogP contribution in [0.5, 0.6) is 5.75 Å². The molecule has 7 nitrogen and oxygen atoms in total. The standard InChI is InChI=1S/C23H21N3O4S/c1-2-11-25-21(27)14-26-22(28)20(31-23(26)29)12-16-7-5-6-10-19(16)30-15-18-9-4-3-8-17(18)13-24/h3-10,12H,2,11,14-15H2,1H3,(H,25,27)/b20-12-. The number of hydrogen-bond acceptors (Lipinski definition) is 6. The van der Waals surface area contributed by atoms with Crippen molar-refractivity contribution in [2.45, 2.75) is 20.0 Å². The number of carbonyl (C=O) groups is 3. The van der Waals surface area contributed by atoms with Gasteiger partial charge in [-0.1, -0.05) is 43.3 Å². The van der Waals surface area contributed by atoms with Crippen molar-refractivity contribution in [3.05, 3.63) is 70.1 Å². The Morgan fingerprint density at radius 3 is 2.71 bits per heavy atom. The molecule has 2 aromatic rings. The van der Waals surface area contributed by atoms with Gasteiger partial charge in [-0.15, -0.1) is 0 Å². The fourth-order valence-electron chi connectivity index (χ4n) is 2.88. The summed E-state index contributed by atoms with van der Waals surface area (Å²) in [4.78, 5) is 38.0. The highest BCUT2D eigenvalue weighted by Crippen LogP contribution is 2.34. The Bertz CT molecular complexity index is 1070. The normalized spacial score (nSPS) is 14.6. The number of ether oxygens (including phenoxy) is 1. The Morgan fingerprint density at radius 1 is 1.19 bits per heavy atom.